The molecule has 2 aromatic rings. The van der Waals surface area contributed by atoms with Gasteiger partial charge in [0.15, 0.2) is 0 Å². The minimum atomic E-state index is -0.0457. The Morgan fingerprint density at radius 3 is 2.47 bits per heavy atom. The van der Waals surface area contributed by atoms with Crippen LogP contribution < -0.4 is 10.5 Å². The van der Waals surface area contributed by atoms with E-state index in [9.17, 15) is 0 Å². The molecule has 2 aromatic carbocycles. The van der Waals surface area contributed by atoms with Crippen molar-refractivity contribution in [2.45, 2.75) is 19.4 Å². The maximum absolute atomic E-state index is 6.31. The Bertz CT molecular complexity index is 551. The lowest BCUT2D eigenvalue weighted by atomic mass is 9.98. The molecule has 0 bridgehead atoms. The van der Waals surface area contributed by atoms with Crippen LogP contribution in [0.1, 0.15) is 22.7 Å². The average molecular weight is 367 g/mol. The summed E-state index contributed by atoms with van der Waals surface area (Å²) >= 11 is 2.31. The van der Waals surface area contributed by atoms with Gasteiger partial charge in [0.05, 0.1) is 7.11 Å². The van der Waals surface area contributed by atoms with Crippen LogP contribution in [-0.4, -0.2) is 7.11 Å². The molecular weight excluding hydrogens is 349 g/mol. The van der Waals surface area contributed by atoms with Crippen LogP contribution in [0.15, 0.2) is 42.5 Å². The fourth-order valence-corrected chi connectivity index (χ4v) is 2.47. The van der Waals surface area contributed by atoms with Gasteiger partial charge in [-0.15, -0.1) is 0 Å². The Kier molecular flexibility index (Phi) is 4.82. The number of aryl methyl sites for hydroxylation is 1. The molecule has 0 aliphatic rings. The van der Waals surface area contributed by atoms with Crippen LogP contribution in [0.5, 0.6) is 5.75 Å². The Morgan fingerprint density at radius 2 is 1.84 bits per heavy atom. The Labute approximate surface area is 128 Å². The van der Waals surface area contributed by atoms with Gasteiger partial charge in [0, 0.05) is 15.2 Å². The van der Waals surface area contributed by atoms with Crippen molar-refractivity contribution in [3.05, 3.63) is 62.7 Å². The molecule has 0 heterocycles. The van der Waals surface area contributed by atoms with Gasteiger partial charge in [-0.25, -0.2) is 0 Å². The van der Waals surface area contributed by atoms with Crippen LogP contribution >= 0.6 is 22.6 Å². The SMILES string of the molecule is COc1cc(C)ccc1C(N)Cc1ccc(I)cc1. The van der Waals surface area contributed by atoms with Gasteiger partial charge in [-0.3, -0.25) is 0 Å². The van der Waals surface area contributed by atoms with Gasteiger partial charge >= 0.3 is 0 Å². The van der Waals surface area contributed by atoms with Crippen molar-refractivity contribution in [3.8, 4) is 5.75 Å². The second kappa shape index (κ2) is 6.39. The second-order valence-corrected chi connectivity index (χ2v) is 5.93. The molecule has 0 aliphatic heterocycles. The van der Waals surface area contributed by atoms with Crippen molar-refractivity contribution in [2.75, 3.05) is 7.11 Å². The first-order chi connectivity index (χ1) is 9.10. The first-order valence-electron chi connectivity index (χ1n) is 6.24. The number of benzene rings is 2. The molecule has 0 radical (unpaired) electrons. The molecule has 0 fully saturated rings. The maximum Gasteiger partial charge on any atom is 0.123 e. The first kappa shape index (κ1) is 14.3. The summed E-state index contributed by atoms with van der Waals surface area (Å²) in [6.07, 6.45) is 0.816. The molecule has 2 N–H and O–H groups in total. The van der Waals surface area contributed by atoms with Crippen LogP contribution in [0.3, 0.4) is 0 Å². The highest BCUT2D eigenvalue weighted by Crippen LogP contribution is 2.27. The lowest BCUT2D eigenvalue weighted by Gasteiger charge is -2.16. The highest BCUT2D eigenvalue weighted by Gasteiger charge is 2.12. The van der Waals surface area contributed by atoms with Crippen LogP contribution in [-0.2, 0) is 6.42 Å². The van der Waals surface area contributed by atoms with Gasteiger partial charge in [-0.1, -0.05) is 24.3 Å². The number of hydrogen-bond acceptors (Lipinski definition) is 2. The summed E-state index contributed by atoms with van der Waals surface area (Å²) in [6, 6.07) is 14.6. The van der Waals surface area contributed by atoms with E-state index in [0.29, 0.717) is 0 Å². The Morgan fingerprint density at radius 1 is 1.16 bits per heavy atom. The topological polar surface area (TPSA) is 35.2 Å². The van der Waals surface area contributed by atoms with E-state index >= 15 is 0 Å². The maximum atomic E-state index is 6.31. The smallest absolute Gasteiger partial charge is 0.123 e. The molecule has 0 spiro atoms. The summed E-state index contributed by atoms with van der Waals surface area (Å²) in [7, 11) is 1.69. The van der Waals surface area contributed by atoms with Gasteiger partial charge < -0.3 is 10.5 Å². The van der Waals surface area contributed by atoms with E-state index in [-0.39, 0.29) is 6.04 Å². The molecule has 1 unspecified atom stereocenters. The zero-order valence-electron chi connectivity index (χ0n) is 11.2. The third-order valence-corrected chi connectivity index (χ3v) is 3.88. The lowest BCUT2D eigenvalue weighted by molar-refractivity contribution is 0.405. The summed E-state index contributed by atoms with van der Waals surface area (Å²) in [5.41, 5.74) is 9.80. The summed E-state index contributed by atoms with van der Waals surface area (Å²) in [4.78, 5) is 0. The summed E-state index contributed by atoms with van der Waals surface area (Å²) in [5, 5.41) is 0. The second-order valence-electron chi connectivity index (χ2n) is 4.68. The largest absolute Gasteiger partial charge is 0.496 e. The van der Waals surface area contributed by atoms with E-state index in [1.807, 2.05) is 6.07 Å². The molecular formula is C16H18INO. The quantitative estimate of drug-likeness (QED) is 0.834. The van der Waals surface area contributed by atoms with Gasteiger partial charge in [-0.2, -0.15) is 0 Å². The third kappa shape index (κ3) is 3.70. The number of ether oxygens (including phenoxy) is 1. The fourth-order valence-electron chi connectivity index (χ4n) is 2.11. The molecule has 0 saturated heterocycles. The number of rotatable bonds is 4. The van der Waals surface area contributed by atoms with Gasteiger partial charge in [0.1, 0.15) is 5.75 Å². The fraction of sp³-hybridized carbons (Fsp3) is 0.250. The number of nitrogens with two attached hydrogens (primary N) is 1. The van der Waals surface area contributed by atoms with Crippen molar-refractivity contribution in [3.63, 3.8) is 0 Å². The molecule has 3 heteroatoms. The van der Waals surface area contributed by atoms with E-state index < -0.39 is 0 Å². The molecule has 0 aliphatic carbocycles. The predicted octanol–water partition coefficient (Wildman–Crippen LogP) is 3.85. The molecule has 0 aromatic heterocycles. The van der Waals surface area contributed by atoms with Gasteiger partial charge in [0.25, 0.3) is 0 Å². The minimum absolute atomic E-state index is 0.0457. The Balaban J connectivity index is 2.19. The summed E-state index contributed by atoms with van der Waals surface area (Å²) in [5.74, 6) is 0.873. The molecule has 0 saturated carbocycles. The van der Waals surface area contributed by atoms with Crippen molar-refractivity contribution in [2.24, 2.45) is 5.73 Å². The molecule has 19 heavy (non-hydrogen) atoms. The van der Waals surface area contributed by atoms with E-state index in [0.717, 1.165) is 17.7 Å². The average Bonchev–Trinajstić information content (AvgIpc) is 2.41. The lowest BCUT2D eigenvalue weighted by Crippen LogP contribution is -2.14. The normalized spacial score (nSPS) is 12.2. The van der Waals surface area contributed by atoms with E-state index in [1.54, 1.807) is 7.11 Å². The van der Waals surface area contributed by atoms with E-state index in [1.165, 1.54) is 14.7 Å². The van der Waals surface area contributed by atoms with Crippen molar-refractivity contribution < 1.29 is 4.74 Å². The first-order valence-corrected chi connectivity index (χ1v) is 7.32. The summed E-state index contributed by atoms with van der Waals surface area (Å²) in [6.45, 7) is 2.05. The number of methoxy groups -OCH3 is 1. The standard InChI is InChI=1S/C16H18INO/c1-11-3-8-14(16(9-11)19-2)15(18)10-12-4-6-13(17)7-5-12/h3-9,15H,10,18H2,1-2H3. The number of halogens is 1. The van der Waals surface area contributed by atoms with Gasteiger partial charge in [0.2, 0.25) is 0 Å². The van der Waals surface area contributed by atoms with Crippen molar-refractivity contribution >= 4 is 22.6 Å². The summed E-state index contributed by atoms with van der Waals surface area (Å²) < 4.78 is 6.66. The highest BCUT2D eigenvalue weighted by atomic mass is 127. The molecule has 2 nitrogen and oxygen atoms in total. The highest BCUT2D eigenvalue weighted by molar-refractivity contribution is 14.1. The number of hydrogen-bond donors (Lipinski definition) is 1. The van der Waals surface area contributed by atoms with E-state index in [4.69, 9.17) is 10.5 Å². The van der Waals surface area contributed by atoms with Crippen LogP contribution in [0, 0.1) is 10.5 Å². The van der Waals surface area contributed by atoms with E-state index in [2.05, 4.69) is 65.9 Å². The van der Waals surface area contributed by atoms with Gasteiger partial charge in [-0.05, 0) is 65.3 Å². The molecule has 1 atom stereocenters. The van der Waals surface area contributed by atoms with Crippen LogP contribution in [0.25, 0.3) is 0 Å². The van der Waals surface area contributed by atoms with Crippen LogP contribution in [0.2, 0.25) is 0 Å². The monoisotopic (exact) mass is 367 g/mol. The molecule has 0 amide bonds. The third-order valence-electron chi connectivity index (χ3n) is 3.16. The molecule has 100 valence electrons. The van der Waals surface area contributed by atoms with Crippen molar-refractivity contribution in [1.82, 2.24) is 0 Å². The molecule has 2 rings (SSSR count). The zero-order chi connectivity index (χ0) is 13.8. The minimum Gasteiger partial charge on any atom is -0.496 e. The Hall–Kier alpha value is -1.07. The zero-order valence-corrected chi connectivity index (χ0v) is 13.3. The van der Waals surface area contributed by atoms with Crippen LogP contribution in [0.4, 0.5) is 0 Å². The predicted molar refractivity (Wildman–Crippen MR) is 87.5 cm³/mol. The van der Waals surface area contributed by atoms with Crippen molar-refractivity contribution in [1.29, 1.82) is 0 Å².